The largest absolute Gasteiger partial charge is 0.508 e. The number of piperazine rings is 1. The van der Waals surface area contributed by atoms with Gasteiger partial charge in [-0.25, -0.2) is 0 Å². The number of benzene rings is 2. The third-order valence-corrected chi connectivity index (χ3v) is 6.10. The van der Waals surface area contributed by atoms with Crippen LogP contribution in [-0.2, 0) is 11.2 Å². The molecule has 2 aromatic carbocycles. The molecule has 0 aromatic heterocycles. The van der Waals surface area contributed by atoms with E-state index in [1.165, 1.54) is 5.56 Å². The van der Waals surface area contributed by atoms with Gasteiger partial charge in [-0.15, -0.1) is 0 Å². The molecule has 6 nitrogen and oxygen atoms in total. The van der Waals surface area contributed by atoms with Crippen molar-refractivity contribution in [3.63, 3.8) is 0 Å². The highest BCUT2D eigenvalue weighted by molar-refractivity contribution is 5.94. The molecule has 0 atom stereocenters. The lowest BCUT2D eigenvalue weighted by Gasteiger charge is -2.36. The number of anilines is 2. The van der Waals surface area contributed by atoms with E-state index >= 15 is 0 Å². The molecule has 6 heteroatoms. The molecule has 2 aliphatic rings. The third-order valence-electron chi connectivity index (χ3n) is 6.10. The van der Waals surface area contributed by atoms with Gasteiger partial charge in [-0.3, -0.25) is 9.69 Å². The minimum atomic E-state index is 0.0824. The van der Waals surface area contributed by atoms with Crippen LogP contribution in [0.4, 0.5) is 11.4 Å². The number of aromatic hydroxyl groups is 1. The summed E-state index contributed by atoms with van der Waals surface area (Å²) in [5.41, 5.74) is 4.18. The Labute approximate surface area is 178 Å². The zero-order chi connectivity index (χ0) is 20.9. The van der Waals surface area contributed by atoms with E-state index in [2.05, 4.69) is 27.2 Å². The average Bonchev–Trinajstić information content (AvgIpc) is 2.76. The molecule has 0 saturated carbocycles. The molecule has 2 heterocycles. The lowest BCUT2D eigenvalue weighted by atomic mass is 10.0. The predicted molar refractivity (Wildman–Crippen MR) is 120 cm³/mol. The molecule has 2 aliphatic heterocycles. The average molecular weight is 410 g/mol. The number of ether oxygens (including phenoxy) is 1. The standard InChI is InChI=1S/C24H31N3O3/c1-18-22(5-4-6-23(18)28)27-14-12-26(13-15-27)11-2-3-16-30-20-9-7-19-8-10-24(29)25-21(19)17-20/h4-7,9,17,28H,2-3,8,10-16H2,1H3,(H,25,29). The molecule has 0 radical (unpaired) electrons. The van der Waals surface area contributed by atoms with Crippen LogP contribution in [-0.4, -0.2) is 55.2 Å². The van der Waals surface area contributed by atoms with Crippen molar-refractivity contribution in [1.82, 2.24) is 4.90 Å². The first-order valence-corrected chi connectivity index (χ1v) is 10.9. The van der Waals surface area contributed by atoms with Crippen molar-refractivity contribution in [2.24, 2.45) is 0 Å². The van der Waals surface area contributed by atoms with Crippen LogP contribution in [0.5, 0.6) is 11.5 Å². The Morgan fingerprint density at radius 2 is 1.90 bits per heavy atom. The van der Waals surface area contributed by atoms with Crippen molar-refractivity contribution in [3.05, 3.63) is 47.5 Å². The van der Waals surface area contributed by atoms with Gasteiger partial charge in [0.15, 0.2) is 0 Å². The Morgan fingerprint density at radius 3 is 2.73 bits per heavy atom. The molecule has 0 aliphatic carbocycles. The highest BCUT2D eigenvalue weighted by Crippen LogP contribution is 2.29. The van der Waals surface area contributed by atoms with E-state index < -0.39 is 0 Å². The molecule has 2 aromatic rings. The van der Waals surface area contributed by atoms with Crippen LogP contribution >= 0.6 is 0 Å². The van der Waals surface area contributed by atoms with Crippen molar-refractivity contribution < 1.29 is 14.6 Å². The van der Waals surface area contributed by atoms with Crippen LogP contribution in [0.25, 0.3) is 0 Å². The summed E-state index contributed by atoms with van der Waals surface area (Å²) in [5.74, 6) is 1.28. The number of phenolic OH excluding ortho intramolecular Hbond substituents is 1. The summed E-state index contributed by atoms with van der Waals surface area (Å²) < 4.78 is 5.89. The van der Waals surface area contributed by atoms with Crippen molar-refractivity contribution in [3.8, 4) is 11.5 Å². The highest BCUT2D eigenvalue weighted by Gasteiger charge is 2.19. The van der Waals surface area contributed by atoms with Gasteiger partial charge in [0.2, 0.25) is 5.91 Å². The molecule has 1 saturated heterocycles. The molecule has 0 bridgehead atoms. The zero-order valence-corrected chi connectivity index (χ0v) is 17.7. The molecular weight excluding hydrogens is 378 g/mol. The first-order chi connectivity index (χ1) is 14.6. The van der Waals surface area contributed by atoms with Crippen LogP contribution in [0.2, 0.25) is 0 Å². The number of nitrogens with one attached hydrogen (secondary N) is 1. The minimum Gasteiger partial charge on any atom is -0.508 e. The third kappa shape index (κ3) is 4.87. The second-order valence-electron chi connectivity index (χ2n) is 8.17. The molecule has 30 heavy (non-hydrogen) atoms. The number of aryl methyl sites for hydroxylation is 1. The van der Waals surface area contributed by atoms with Crippen LogP contribution in [0.3, 0.4) is 0 Å². The van der Waals surface area contributed by atoms with E-state index in [0.717, 1.165) is 74.7 Å². The Balaban J connectivity index is 1.15. The number of fused-ring (bicyclic) bond motifs is 1. The Morgan fingerprint density at radius 1 is 1.07 bits per heavy atom. The monoisotopic (exact) mass is 409 g/mol. The molecular formula is C24H31N3O3. The number of rotatable bonds is 7. The van der Waals surface area contributed by atoms with Gasteiger partial charge >= 0.3 is 0 Å². The molecule has 1 amide bonds. The van der Waals surface area contributed by atoms with Crippen LogP contribution in [0, 0.1) is 6.92 Å². The van der Waals surface area contributed by atoms with E-state index in [9.17, 15) is 9.90 Å². The molecule has 4 rings (SSSR count). The van der Waals surface area contributed by atoms with Crippen molar-refractivity contribution in [2.75, 3.05) is 49.5 Å². The summed E-state index contributed by atoms with van der Waals surface area (Å²) in [6, 6.07) is 11.7. The van der Waals surface area contributed by atoms with Crippen LogP contribution in [0.1, 0.15) is 30.4 Å². The van der Waals surface area contributed by atoms with Crippen molar-refractivity contribution in [2.45, 2.75) is 32.6 Å². The zero-order valence-electron chi connectivity index (χ0n) is 17.7. The highest BCUT2D eigenvalue weighted by atomic mass is 16.5. The lowest BCUT2D eigenvalue weighted by molar-refractivity contribution is -0.116. The van der Waals surface area contributed by atoms with Gasteiger partial charge in [-0.05, 0) is 56.5 Å². The summed E-state index contributed by atoms with van der Waals surface area (Å²) in [6.07, 6.45) is 3.48. The first kappa shape index (κ1) is 20.5. The second kappa shape index (κ2) is 9.39. The SMILES string of the molecule is Cc1c(O)cccc1N1CCN(CCCCOc2ccc3c(c2)NC(=O)CC3)CC1. The Bertz CT molecular complexity index is 891. The number of amides is 1. The minimum absolute atomic E-state index is 0.0824. The number of nitrogens with zero attached hydrogens (tertiary/aromatic N) is 2. The second-order valence-corrected chi connectivity index (χ2v) is 8.17. The molecule has 2 N–H and O–H groups in total. The van der Waals surface area contributed by atoms with E-state index in [4.69, 9.17) is 4.74 Å². The number of hydrogen-bond acceptors (Lipinski definition) is 5. The quantitative estimate of drug-likeness (QED) is 0.685. The summed E-state index contributed by atoms with van der Waals surface area (Å²) in [5, 5.41) is 12.9. The topological polar surface area (TPSA) is 65.0 Å². The van der Waals surface area contributed by atoms with Gasteiger partial charge < -0.3 is 20.1 Å². The number of carbonyl (C=O) groups excluding carboxylic acids is 1. The summed E-state index contributed by atoms with van der Waals surface area (Å²) >= 11 is 0. The van der Waals surface area contributed by atoms with Crippen molar-refractivity contribution in [1.29, 1.82) is 0 Å². The van der Waals surface area contributed by atoms with E-state index in [1.807, 2.05) is 25.1 Å². The fourth-order valence-electron chi connectivity index (χ4n) is 4.23. The lowest BCUT2D eigenvalue weighted by Crippen LogP contribution is -2.46. The Kier molecular flexibility index (Phi) is 6.43. The number of hydrogen-bond donors (Lipinski definition) is 2. The van der Waals surface area contributed by atoms with E-state index in [0.29, 0.717) is 18.8 Å². The molecule has 0 unspecified atom stereocenters. The number of phenols is 1. The van der Waals surface area contributed by atoms with Gasteiger partial charge in [0.25, 0.3) is 0 Å². The van der Waals surface area contributed by atoms with Gasteiger partial charge in [0.05, 0.1) is 6.61 Å². The van der Waals surface area contributed by atoms with Crippen LogP contribution in [0.15, 0.2) is 36.4 Å². The molecule has 160 valence electrons. The summed E-state index contributed by atoms with van der Waals surface area (Å²) in [6.45, 7) is 7.81. The summed E-state index contributed by atoms with van der Waals surface area (Å²) in [7, 11) is 0. The predicted octanol–water partition coefficient (Wildman–Crippen LogP) is 3.57. The smallest absolute Gasteiger partial charge is 0.224 e. The Hall–Kier alpha value is -2.73. The fourth-order valence-corrected chi connectivity index (χ4v) is 4.23. The first-order valence-electron chi connectivity index (χ1n) is 10.9. The van der Waals surface area contributed by atoms with Gasteiger partial charge in [0.1, 0.15) is 11.5 Å². The molecule has 1 fully saturated rings. The van der Waals surface area contributed by atoms with E-state index in [1.54, 1.807) is 6.07 Å². The van der Waals surface area contributed by atoms with Gasteiger partial charge in [-0.1, -0.05) is 12.1 Å². The maximum absolute atomic E-state index is 11.5. The normalized spacial score (nSPS) is 16.8. The van der Waals surface area contributed by atoms with E-state index in [-0.39, 0.29) is 5.91 Å². The number of unbranched alkanes of at least 4 members (excludes halogenated alkanes) is 1. The number of carbonyl (C=O) groups is 1. The molecule has 0 spiro atoms. The van der Waals surface area contributed by atoms with Gasteiger partial charge in [0, 0.05) is 55.6 Å². The maximum atomic E-state index is 11.5. The van der Waals surface area contributed by atoms with Gasteiger partial charge in [-0.2, -0.15) is 0 Å². The van der Waals surface area contributed by atoms with Crippen LogP contribution < -0.4 is 15.0 Å². The summed E-state index contributed by atoms with van der Waals surface area (Å²) in [4.78, 5) is 16.4. The maximum Gasteiger partial charge on any atom is 0.224 e. The fraction of sp³-hybridized carbons (Fsp3) is 0.458. The van der Waals surface area contributed by atoms with Crippen molar-refractivity contribution >= 4 is 17.3 Å².